The third-order valence-electron chi connectivity index (χ3n) is 4.13. The molecule has 1 aromatic carbocycles. The van der Waals surface area contributed by atoms with Gasteiger partial charge in [-0.05, 0) is 24.9 Å². The molecule has 0 bridgehead atoms. The van der Waals surface area contributed by atoms with E-state index in [1.54, 1.807) is 0 Å². The first-order chi connectivity index (χ1) is 8.81. The fourth-order valence-corrected chi connectivity index (χ4v) is 3.06. The van der Waals surface area contributed by atoms with E-state index >= 15 is 0 Å². The number of hydrogen-bond donors (Lipinski definition) is 1. The largest absolute Gasteiger partial charge is 0.392 e. The molecule has 98 valence electrons. The van der Waals surface area contributed by atoms with Crippen LogP contribution in [0.2, 0.25) is 0 Å². The van der Waals surface area contributed by atoms with Gasteiger partial charge in [0.05, 0.1) is 6.10 Å². The van der Waals surface area contributed by atoms with Crippen LogP contribution in [0.3, 0.4) is 0 Å². The Balaban J connectivity index is 1.45. The van der Waals surface area contributed by atoms with Crippen LogP contribution in [0.15, 0.2) is 30.3 Å². The molecule has 2 fully saturated rings. The summed E-state index contributed by atoms with van der Waals surface area (Å²) in [5.74, 6) is 0. The van der Waals surface area contributed by atoms with Crippen LogP contribution >= 0.6 is 0 Å². The fraction of sp³-hybridized carbons (Fsp3) is 0.600. The molecule has 0 unspecified atom stereocenters. The third-order valence-corrected chi connectivity index (χ3v) is 4.13. The van der Waals surface area contributed by atoms with Gasteiger partial charge in [0.2, 0.25) is 0 Å². The topological polar surface area (TPSA) is 26.7 Å². The molecule has 0 radical (unpaired) electrons. The molecule has 1 aromatic rings. The first-order valence-corrected chi connectivity index (χ1v) is 6.99. The molecule has 3 heteroatoms. The summed E-state index contributed by atoms with van der Waals surface area (Å²) < 4.78 is 0. The smallest absolute Gasteiger partial charge is 0.0667 e. The van der Waals surface area contributed by atoms with E-state index in [1.165, 1.54) is 12.1 Å². The Bertz CT molecular complexity index is 375. The maximum absolute atomic E-state index is 9.69. The van der Waals surface area contributed by atoms with E-state index in [9.17, 15) is 5.11 Å². The molecule has 0 saturated carbocycles. The number of aliphatic hydroxyl groups excluding tert-OH is 1. The highest BCUT2D eigenvalue weighted by Gasteiger charge is 2.33. The van der Waals surface area contributed by atoms with Crippen LogP contribution in [0.1, 0.15) is 18.4 Å². The second-order valence-electron chi connectivity index (χ2n) is 5.62. The van der Waals surface area contributed by atoms with Crippen molar-refractivity contribution in [1.29, 1.82) is 0 Å². The molecule has 1 N–H and O–H groups in total. The van der Waals surface area contributed by atoms with E-state index < -0.39 is 0 Å². The summed E-state index contributed by atoms with van der Waals surface area (Å²) in [6.07, 6.45) is 2.04. The van der Waals surface area contributed by atoms with Crippen molar-refractivity contribution >= 4 is 0 Å². The van der Waals surface area contributed by atoms with Crippen molar-refractivity contribution in [2.75, 3.05) is 26.2 Å². The maximum atomic E-state index is 9.69. The minimum Gasteiger partial charge on any atom is -0.392 e. The molecule has 2 aliphatic rings. The Morgan fingerprint density at radius 3 is 2.61 bits per heavy atom. The number of aliphatic hydroxyl groups is 1. The van der Waals surface area contributed by atoms with E-state index in [-0.39, 0.29) is 6.10 Å². The van der Waals surface area contributed by atoms with Crippen molar-refractivity contribution in [3.63, 3.8) is 0 Å². The minimum absolute atomic E-state index is 0.0954. The molecule has 0 amide bonds. The minimum atomic E-state index is -0.0954. The number of hydrogen-bond acceptors (Lipinski definition) is 3. The number of likely N-dealkylation sites (tertiary alicyclic amines) is 2. The molecule has 2 aliphatic heterocycles. The molecule has 0 spiro atoms. The summed E-state index contributed by atoms with van der Waals surface area (Å²) in [5.41, 5.74) is 1.40. The van der Waals surface area contributed by atoms with Gasteiger partial charge < -0.3 is 5.11 Å². The van der Waals surface area contributed by atoms with Gasteiger partial charge in [-0.3, -0.25) is 9.80 Å². The van der Waals surface area contributed by atoms with Crippen molar-refractivity contribution in [3.8, 4) is 0 Å². The Hall–Kier alpha value is -0.900. The standard InChI is InChI=1S/C15H22N2O/c18-15-7-4-8-17(12-15)14-10-16(11-14)9-13-5-2-1-3-6-13/h1-3,5-6,14-15,18H,4,7-12H2/t15-/m1/s1. The van der Waals surface area contributed by atoms with Crippen molar-refractivity contribution in [2.45, 2.75) is 31.5 Å². The second kappa shape index (κ2) is 5.39. The van der Waals surface area contributed by atoms with Crippen LogP contribution in [-0.2, 0) is 6.54 Å². The van der Waals surface area contributed by atoms with Gasteiger partial charge in [0.15, 0.2) is 0 Å². The summed E-state index contributed by atoms with van der Waals surface area (Å²) in [6, 6.07) is 11.3. The number of piperidine rings is 1. The quantitative estimate of drug-likeness (QED) is 0.871. The number of β-amino-alcohol motifs (C(OH)–C–C–N with tert-alkyl or cyclic N) is 1. The molecular weight excluding hydrogens is 224 g/mol. The predicted octanol–water partition coefficient (Wildman–Crippen LogP) is 1.33. The first kappa shape index (κ1) is 12.2. The van der Waals surface area contributed by atoms with E-state index in [4.69, 9.17) is 0 Å². The van der Waals surface area contributed by atoms with E-state index in [0.29, 0.717) is 6.04 Å². The normalized spacial score (nSPS) is 27.1. The van der Waals surface area contributed by atoms with Crippen LogP contribution in [-0.4, -0.2) is 53.2 Å². The lowest BCUT2D eigenvalue weighted by Crippen LogP contribution is -2.61. The van der Waals surface area contributed by atoms with Gasteiger partial charge >= 0.3 is 0 Å². The van der Waals surface area contributed by atoms with Gasteiger partial charge in [-0.15, -0.1) is 0 Å². The average molecular weight is 246 g/mol. The zero-order valence-electron chi connectivity index (χ0n) is 10.8. The maximum Gasteiger partial charge on any atom is 0.0667 e. The lowest BCUT2D eigenvalue weighted by atomic mass is 10.0. The molecule has 0 aromatic heterocycles. The molecular formula is C15H22N2O. The Morgan fingerprint density at radius 1 is 1.11 bits per heavy atom. The Kier molecular flexibility index (Phi) is 3.64. The molecule has 2 saturated heterocycles. The monoisotopic (exact) mass is 246 g/mol. The van der Waals surface area contributed by atoms with Crippen LogP contribution < -0.4 is 0 Å². The van der Waals surface area contributed by atoms with Gasteiger partial charge in [0, 0.05) is 32.2 Å². The zero-order chi connectivity index (χ0) is 12.4. The van der Waals surface area contributed by atoms with Gasteiger partial charge in [-0.1, -0.05) is 30.3 Å². The molecule has 3 rings (SSSR count). The summed E-state index contributed by atoms with van der Waals surface area (Å²) in [6.45, 7) is 5.42. The van der Waals surface area contributed by atoms with Gasteiger partial charge in [-0.2, -0.15) is 0 Å². The summed E-state index contributed by atoms with van der Waals surface area (Å²) in [5, 5.41) is 9.69. The van der Waals surface area contributed by atoms with Gasteiger partial charge in [-0.25, -0.2) is 0 Å². The highest BCUT2D eigenvalue weighted by Crippen LogP contribution is 2.21. The van der Waals surface area contributed by atoms with E-state index in [2.05, 4.69) is 40.1 Å². The SMILES string of the molecule is O[C@@H]1CCCN(C2CN(Cc3ccccc3)C2)C1. The third kappa shape index (κ3) is 2.74. The molecule has 3 nitrogen and oxygen atoms in total. The van der Waals surface area contributed by atoms with Crippen molar-refractivity contribution in [3.05, 3.63) is 35.9 Å². The second-order valence-corrected chi connectivity index (χ2v) is 5.62. The zero-order valence-corrected chi connectivity index (χ0v) is 10.8. The van der Waals surface area contributed by atoms with E-state index in [0.717, 1.165) is 39.0 Å². The predicted molar refractivity (Wildman–Crippen MR) is 72.3 cm³/mol. The number of nitrogens with zero attached hydrogens (tertiary/aromatic N) is 2. The average Bonchev–Trinajstić information content (AvgIpc) is 2.34. The summed E-state index contributed by atoms with van der Waals surface area (Å²) >= 11 is 0. The highest BCUT2D eigenvalue weighted by atomic mass is 16.3. The summed E-state index contributed by atoms with van der Waals surface area (Å²) in [7, 11) is 0. The van der Waals surface area contributed by atoms with Crippen molar-refractivity contribution < 1.29 is 5.11 Å². The Morgan fingerprint density at radius 2 is 1.89 bits per heavy atom. The molecule has 2 heterocycles. The fourth-order valence-electron chi connectivity index (χ4n) is 3.06. The van der Waals surface area contributed by atoms with E-state index in [1.807, 2.05) is 0 Å². The number of benzene rings is 1. The van der Waals surface area contributed by atoms with Gasteiger partial charge in [0.1, 0.15) is 0 Å². The molecule has 0 aliphatic carbocycles. The molecule has 18 heavy (non-hydrogen) atoms. The first-order valence-electron chi connectivity index (χ1n) is 6.99. The lowest BCUT2D eigenvalue weighted by molar-refractivity contribution is -0.0182. The van der Waals surface area contributed by atoms with Gasteiger partial charge in [0.25, 0.3) is 0 Å². The van der Waals surface area contributed by atoms with Crippen molar-refractivity contribution in [1.82, 2.24) is 9.80 Å². The van der Waals surface area contributed by atoms with Crippen LogP contribution in [0, 0.1) is 0 Å². The highest BCUT2D eigenvalue weighted by molar-refractivity contribution is 5.15. The lowest BCUT2D eigenvalue weighted by Gasteiger charge is -2.47. The van der Waals surface area contributed by atoms with Crippen molar-refractivity contribution in [2.24, 2.45) is 0 Å². The Labute approximate surface area is 109 Å². The van der Waals surface area contributed by atoms with Crippen LogP contribution in [0.5, 0.6) is 0 Å². The van der Waals surface area contributed by atoms with Crippen LogP contribution in [0.25, 0.3) is 0 Å². The van der Waals surface area contributed by atoms with Crippen LogP contribution in [0.4, 0.5) is 0 Å². The molecule has 1 atom stereocenters. The number of rotatable bonds is 3. The summed E-state index contributed by atoms with van der Waals surface area (Å²) in [4.78, 5) is 4.96.